The predicted octanol–water partition coefficient (Wildman–Crippen LogP) is 2.68. The number of esters is 1. The molecule has 1 aliphatic carbocycles. The van der Waals surface area contributed by atoms with Crippen LogP contribution >= 0.6 is 0 Å². The molecule has 0 saturated heterocycles. The lowest BCUT2D eigenvalue weighted by molar-refractivity contribution is -0.145. The van der Waals surface area contributed by atoms with E-state index < -0.39 is 0 Å². The summed E-state index contributed by atoms with van der Waals surface area (Å²) in [4.78, 5) is 11.8. The lowest BCUT2D eigenvalue weighted by atomic mass is 9.85. The van der Waals surface area contributed by atoms with E-state index in [4.69, 9.17) is 9.47 Å². The van der Waals surface area contributed by atoms with E-state index in [1.165, 1.54) is 12.7 Å². The number of carbonyl (C=O) groups is 1. The molecule has 0 aromatic heterocycles. The van der Waals surface area contributed by atoms with Gasteiger partial charge in [0.15, 0.2) is 0 Å². The smallest absolute Gasteiger partial charge is 0.308 e. The van der Waals surface area contributed by atoms with Gasteiger partial charge in [0.1, 0.15) is 0 Å². The van der Waals surface area contributed by atoms with Crippen LogP contribution in [0.15, 0.2) is 42.5 Å². The molecule has 3 nitrogen and oxygen atoms in total. The van der Waals surface area contributed by atoms with E-state index >= 15 is 0 Å². The molecule has 2 aliphatic rings. The third kappa shape index (κ3) is 2.08. The van der Waals surface area contributed by atoms with E-state index in [9.17, 15) is 4.79 Å². The number of carbonyl (C=O) groups excluding carboxylic acids is 1. The largest absolute Gasteiger partial charge is 0.469 e. The zero-order chi connectivity index (χ0) is 13.3. The molecule has 1 fully saturated rings. The molecule has 1 aromatic rings. The van der Waals surface area contributed by atoms with Gasteiger partial charge in [0.25, 0.3) is 0 Å². The first kappa shape index (κ1) is 12.4. The van der Waals surface area contributed by atoms with Crippen molar-refractivity contribution in [3.63, 3.8) is 0 Å². The number of ether oxygens (including phenoxy) is 2. The Hall–Kier alpha value is -1.61. The van der Waals surface area contributed by atoms with Crippen molar-refractivity contribution in [2.75, 3.05) is 13.7 Å². The quantitative estimate of drug-likeness (QED) is 0.604. The van der Waals surface area contributed by atoms with Crippen LogP contribution in [0.3, 0.4) is 0 Å². The molecule has 0 bridgehead atoms. The number of hydrogen-bond acceptors (Lipinski definition) is 3. The highest BCUT2D eigenvalue weighted by Crippen LogP contribution is 2.50. The van der Waals surface area contributed by atoms with Gasteiger partial charge >= 0.3 is 5.97 Å². The minimum Gasteiger partial charge on any atom is -0.469 e. The van der Waals surface area contributed by atoms with Crippen molar-refractivity contribution in [1.29, 1.82) is 0 Å². The number of hydrogen-bond donors (Lipinski definition) is 0. The zero-order valence-corrected chi connectivity index (χ0v) is 11.0. The summed E-state index contributed by atoms with van der Waals surface area (Å²) in [5, 5.41) is 0. The van der Waals surface area contributed by atoms with Crippen molar-refractivity contribution in [2.24, 2.45) is 5.92 Å². The molecular weight excluding hydrogens is 240 g/mol. The second-order valence-electron chi connectivity index (χ2n) is 5.29. The normalized spacial score (nSPS) is 32.9. The highest BCUT2D eigenvalue weighted by Gasteiger charge is 2.51. The third-order valence-corrected chi connectivity index (χ3v) is 4.26. The monoisotopic (exact) mass is 258 g/mol. The fourth-order valence-electron chi connectivity index (χ4n) is 3.39. The van der Waals surface area contributed by atoms with E-state index in [1.54, 1.807) is 0 Å². The van der Waals surface area contributed by atoms with Gasteiger partial charge in [-0.05, 0) is 18.4 Å². The van der Waals surface area contributed by atoms with Crippen LogP contribution in [0.25, 0.3) is 0 Å². The van der Waals surface area contributed by atoms with Gasteiger partial charge in [-0.2, -0.15) is 0 Å². The van der Waals surface area contributed by atoms with Crippen molar-refractivity contribution in [3.05, 3.63) is 48.0 Å². The molecule has 100 valence electrons. The molecule has 3 unspecified atom stereocenters. The number of rotatable bonds is 2. The molecule has 0 amide bonds. The van der Waals surface area contributed by atoms with Crippen molar-refractivity contribution in [1.82, 2.24) is 0 Å². The van der Waals surface area contributed by atoms with E-state index in [-0.39, 0.29) is 23.4 Å². The van der Waals surface area contributed by atoms with Gasteiger partial charge in [-0.15, -0.1) is 0 Å². The Morgan fingerprint density at radius 2 is 2.16 bits per heavy atom. The lowest BCUT2D eigenvalue weighted by Crippen LogP contribution is -2.30. The third-order valence-electron chi connectivity index (χ3n) is 4.26. The average Bonchev–Trinajstić information content (AvgIpc) is 3.07. The van der Waals surface area contributed by atoms with Gasteiger partial charge in [0, 0.05) is 5.92 Å². The standard InChI is InChI=1S/C16H18O3/c1-18-15(17)13-10-14(12-6-3-2-4-7-12)16(11-13)8-5-9-19-16/h2-8,13-14H,9-11H2,1H3. The van der Waals surface area contributed by atoms with Crippen molar-refractivity contribution in [2.45, 2.75) is 24.4 Å². The van der Waals surface area contributed by atoms with Crippen LogP contribution < -0.4 is 0 Å². The Balaban J connectivity index is 1.93. The van der Waals surface area contributed by atoms with Gasteiger partial charge in [0.2, 0.25) is 0 Å². The Morgan fingerprint density at radius 3 is 2.79 bits per heavy atom. The van der Waals surface area contributed by atoms with E-state index in [0.29, 0.717) is 6.61 Å². The Bertz CT molecular complexity index is 494. The molecule has 1 heterocycles. The summed E-state index contributed by atoms with van der Waals surface area (Å²) in [6.45, 7) is 0.636. The highest BCUT2D eigenvalue weighted by molar-refractivity contribution is 5.73. The molecule has 0 N–H and O–H groups in total. The van der Waals surface area contributed by atoms with E-state index in [1.807, 2.05) is 18.2 Å². The molecule has 3 rings (SSSR count). The summed E-state index contributed by atoms with van der Waals surface area (Å²) in [7, 11) is 1.45. The van der Waals surface area contributed by atoms with E-state index in [2.05, 4.69) is 24.3 Å². The molecule has 3 heteroatoms. The average molecular weight is 258 g/mol. The topological polar surface area (TPSA) is 35.5 Å². The number of benzene rings is 1. The van der Waals surface area contributed by atoms with Gasteiger partial charge in [-0.25, -0.2) is 0 Å². The zero-order valence-electron chi connectivity index (χ0n) is 11.0. The first-order valence-corrected chi connectivity index (χ1v) is 6.69. The van der Waals surface area contributed by atoms with Gasteiger partial charge in [0.05, 0.1) is 25.2 Å². The minimum atomic E-state index is -0.319. The fourth-order valence-corrected chi connectivity index (χ4v) is 3.39. The summed E-state index contributed by atoms with van der Waals surface area (Å²) in [6, 6.07) is 10.3. The highest BCUT2D eigenvalue weighted by atomic mass is 16.5. The van der Waals surface area contributed by atoms with Crippen molar-refractivity contribution < 1.29 is 14.3 Å². The Morgan fingerprint density at radius 1 is 1.37 bits per heavy atom. The maximum absolute atomic E-state index is 11.8. The summed E-state index contributed by atoms with van der Waals surface area (Å²) in [6.07, 6.45) is 5.69. The Kier molecular flexibility index (Phi) is 3.15. The second-order valence-corrected chi connectivity index (χ2v) is 5.29. The van der Waals surface area contributed by atoms with Crippen LogP contribution in [0, 0.1) is 5.92 Å². The maximum atomic E-state index is 11.8. The second kappa shape index (κ2) is 4.82. The first-order valence-electron chi connectivity index (χ1n) is 6.69. The van der Waals surface area contributed by atoms with Crippen molar-refractivity contribution in [3.8, 4) is 0 Å². The molecule has 1 aromatic carbocycles. The van der Waals surface area contributed by atoms with Crippen LogP contribution in [-0.2, 0) is 14.3 Å². The maximum Gasteiger partial charge on any atom is 0.308 e. The van der Waals surface area contributed by atoms with Gasteiger partial charge < -0.3 is 9.47 Å². The van der Waals surface area contributed by atoms with Gasteiger partial charge in [-0.1, -0.05) is 42.5 Å². The summed E-state index contributed by atoms with van der Waals surface area (Å²) in [5.41, 5.74) is 0.917. The number of methoxy groups -OCH3 is 1. The SMILES string of the molecule is COC(=O)C1CC(c2ccccc2)C2(C=CCO2)C1. The van der Waals surface area contributed by atoms with Crippen LogP contribution in [0.5, 0.6) is 0 Å². The fraction of sp³-hybridized carbons (Fsp3) is 0.438. The Labute approximate surface area is 113 Å². The molecular formula is C16H18O3. The van der Waals surface area contributed by atoms with Crippen LogP contribution in [0.2, 0.25) is 0 Å². The summed E-state index contributed by atoms with van der Waals surface area (Å²) in [5.74, 6) is 0.0382. The minimum absolute atomic E-state index is 0.0713. The molecule has 3 atom stereocenters. The molecule has 1 spiro atoms. The molecule has 19 heavy (non-hydrogen) atoms. The predicted molar refractivity (Wildman–Crippen MR) is 71.7 cm³/mol. The van der Waals surface area contributed by atoms with Crippen LogP contribution in [0.1, 0.15) is 24.3 Å². The van der Waals surface area contributed by atoms with Gasteiger partial charge in [-0.3, -0.25) is 4.79 Å². The van der Waals surface area contributed by atoms with Crippen molar-refractivity contribution >= 4 is 5.97 Å². The molecule has 0 radical (unpaired) electrons. The van der Waals surface area contributed by atoms with Crippen LogP contribution in [0.4, 0.5) is 0 Å². The first-order chi connectivity index (χ1) is 9.25. The molecule has 1 aliphatic heterocycles. The summed E-state index contributed by atoms with van der Waals surface area (Å²) < 4.78 is 10.9. The molecule has 1 saturated carbocycles. The van der Waals surface area contributed by atoms with Crippen LogP contribution in [-0.4, -0.2) is 25.3 Å². The summed E-state index contributed by atoms with van der Waals surface area (Å²) >= 11 is 0. The van der Waals surface area contributed by atoms with E-state index in [0.717, 1.165) is 12.8 Å². The lowest BCUT2D eigenvalue weighted by Gasteiger charge is -2.29.